The van der Waals surface area contributed by atoms with Gasteiger partial charge in [-0.3, -0.25) is 9.69 Å². The van der Waals surface area contributed by atoms with E-state index in [9.17, 15) is 18.0 Å². The Morgan fingerprint density at radius 1 is 1.09 bits per heavy atom. The van der Waals surface area contributed by atoms with Crippen molar-refractivity contribution < 1.29 is 18.0 Å². The van der Waals surface area contributed by atoms with Crippen LogP contribution in [0.1, 0.15) is 46.1 Å². The van der Waals surface area contributed by atoms with E-state index in [1.807, 2.05) is 48.5 Å². The summed E-state index contributed by atoms with van der Waals surface area (Å²) in [6.45, 7) is 1.65. The minimum atomic E-state index is -4.67. The molecule has 1 amide bonds. The molecule has 2 aromatic carbocycles. The van der Waals surface area contributed by atoms with Crippen LogP contribution in [0, 0.1) is 5.92 Å². The first-order valence-corrected chi connectivity index (χ1v) is 11.5. The van der Waals surface area contributed by atoms with Crippen LogP contribution in [0.25, 0.3) is 0 Å². The lowest BCUT2D eigenvalue weighted by atomic mass is 9.67. The summed E-state index contributed by atoms with van der Waals surface area (Å²) in [6, 6.07) is 20.0. The molecule has 3 heterocycles. The van der Waals surface area contributed by atoms with Gasteiger partial charge >= 0.3 is 6.18 Å². The summed E-state index contributed by atoms with van der Waals surface area (Å²) in [5.74, 6) is -0.184. The van der Waals surface area contributed by atoms with Crippen molar-refractivity contribution in [2.75, 3.05) is 6.54 Å². The second kappa shape index (κ2) is 9.80. The molecule has 35 heavy (non-hydrogen) atoms. The molecule has 1 N–H and O–H groups in total. The van der Waals surface area contributed by atoms with Gasteiger partial charge in [-0.1, -0.05) is 72.3 Å². The van der Waals surface area contributed by atoms with Gasteiger partial charge < -0.3 is 5.32 Å². The minimum absolute atomic E-state index is 0. The molecule has 2 bridgehead atoms. The average molecular weight is 522 g/mol. The van der Waals surface area contributed by atoms with E-state index in [0.29, 0.717) is 5.92 Å². The van der Waals surface area contributed by atoms with E-state index in [1.165, 1.54) is 5.56 Å². The van der Waals surface area contributed by atoms with E-state index in [4.69, 9.17) is 11.6 Å². The van der Waals surface area contributed by atoms with Crippen LogP contribution >= 0.6 is 24.0 Å². The maximum absolute atomic E-state index is 13.3. The van der Waals surface area contributed by atoms with Crippen molar-refractivity contribution in [2.24, 2.45) is 5.92 Å². The lowest BCUT2D eigenvalue weighted by Gasteiger charge is -2.48. The molecule has 2 saturated heterocycles. The number of benzene rings is 2. The Kier molecular flexibility index (Phi) is 7.13. The molecule has 1 aromatic heterocycles. The van der Waals surface area contributed by atoms with Gasteiger partial charge in [-0.05, 0) is 36.0 Å². The molecule has 0 radical (unpaired) electrons. The van der Waals surface area contributed by atoms with Gasteiger partial charge in [-0.15, -0.1) is 12.4 Å². The fourth-order valence-corrected chi connectivity index (χ4v) is 5.76. The third-order valence-corrected chi connectivity index (χ3v) is 7.35. The van der Waals surface area contributed by atoms with Gasteiger partial charge in [0.15, 0.2) is 0 Å². The van der Waals surface area contributed by atoms with Gasteiger partial charge in [0, 0.05) is 24.8 Å². The molecule has 3 aromatic rings. The molecule has 2 aliphatic heterocycles. The quantitative estimate of drug-likeness (QED) is 0.413. The first kappa shape index (κ1) is 25.5. The Hall–Kier alpha value is -2.61. The summed E-state index contributed by atoms with van der Waals surface area (Å²) < 4.78 is 40.0. The number of pyridine rings is 1. The largest absolute Gasteiger partial charge is 0.417 e. The third-order valence-electron chi connectivity index (χ3n) is 6.96. The monoisotopic (exact) mass is 521 g/mol. The van der Waals surface area contributed by atoms with Crippen LogP contribution in [-0.2, 0) is 12.7 Å². The standard InChI is InChI=1S/C26H23ClF3N3O.ClH/c27-21-20(26(28,29)30)11-12-31-22(21)24(34)32-23(19-9-5-2-6-10-19)25-13-18(14-25)16-33(25)15-17-7-3-1-4-8-17;/h1-12,18,23H,13-16H2,(H,32,34);1H. The van der Waals surface area contributed by atoms with Crippen LogP contribution in [-0.4, -0.2) is 27.9 Å². The van der Waals surface area contributed by atoms with E-state index in [2.05, 4.69) is 27.3 Å². The van der Waals surface area contributed by atoms with Crippen LogP contribution in [0.3, 0.4) is 0 Å². The lowest BCUT2D eigenvalue weighted by molar-refractivity contribution is -0.137. The third kappa shape index (κ3) is 4.77. The Morgan fingerprint density at radius 3 is 2.34 bits per heavy atom. The van der Waals surface area contributed by atoms with E-state index in [1.54, 1.807) is 0 Å². The smallest absolute Gasteiger partial charge is 0.342 e. The number of fused-ring (bicyclic) bond motifs is 1. The highest BCUT2D eigenvalue weighted by Gasteiger charge is 2.60. The molecular weight excluding hydrogens is 498 g/mol. The first-order valence-electron chi connectivity index (χ1n) is 11.1. The van der Waals surface area contributed by atoms with Crippen molar-refractivity contribution in [1.29, 1.82) is 0 Å². The number of alkyl halides is 3. The highest BCUT2D eigenvalue weighted by atomic mass is 35.5. The number of aromatic nitrogens is 1. The molecule has 184 valence electrons. The van der Waals surface area contributed by atoms with Crippen molar-refractivity contribution in [2.45, 2.75) is 37.1 Å². The number of carbonyl (C=O) groups excluding carboxylic acids is 1. The summed E-state index contributed by atoms with van der Waals surface area (Å²) in [7, 11) is 0. The highest BCUT2D eigenvalue weighted by Crippen LogP contribution is 2.57. The van der Waals surface area contributed by atoms with Crippen molar-refractivity contribution in [3.63, 3.8) is 0 Å². The maximum Gasteiger partial charge on any atom is 0.417 e. The highest BCUT2D eigenvalue weighted by molar-refractivity contribution is 6.34. The Bertz CT molecular complexity index is 1190. The number of nitrogens with zero attached hydrogens (tertiary/aromatic N) is 2. The van der Waals surface area contributed by atoms with Crippen LogP contribution < -0.4 is 5.32 Å². The lowest BCUT2D eigenvalue weighted by Crippen LogP contribution is -2.56. The number of carbonyl (C=O) groups is 1. The predicted octanol–water partition coefficient (Wildman–Crippen LogP) is 6.31. The zero-order valence-electron chi connectivity index (χ0n) is 18.6. The number of halogens is 5. The molecule has 4 nitrogen and oxygen atoms in total. The summed E-state index contributed by atoms with van der Waals surface area (Å²) in [6.07, 6.45) is -1.89. The second-order valence-corrected chi connectivity index (χ2v) is 9.46. The first-order chi connectivity index (χ1) is 16.3. The van der Waals surface area contributed by atoms with Crippen molar-refractivity contribution in [3.8, 4) is 0 Å². The van der Waals surface area contributed by atoms with Crippen molar-refractivity contribution >= 4 is 29.9 Å². The zero-order valence-corrected chi connectivity index (χ0v) is 20.2. The number of hydrogen-bond donors (Lipinski definition) is 1. The molecular formula is C26H24Cl2F3N3O. The van der Waals surface area contributed by atoms with Crippen LogP contribution in [0.2, 0.25) is 5.02 Å². The predicted molar refractivity (Wildman–Crippen MR) is 130 cm³/mol. The number of nitrogens with one attached hydrogen (secondary N) is 1. The topological polar surface area (TPSA) is 45.2 Å². The van der Waals surface area contributed by atoms with E-state index < -0.39 is 34.4 Å². The second-order valence-electron chi connectivity index (χ2n) is 9.08. The Balaban J connectivity index is 0.00000289. The van der Waals surface area contributed by atoms with Gasteiger partial charge in [0.1, 0.15) is 5.69 Å². The normalized spacial score (nSPS) is 22.1. The summed E-state index contributed by atoms with van der Waals surface area (Å²) >= 11 is 6.00. The molecule has 1 unspecified atom stereocenters. The van der Waals surface area contributed by atoms with Gasteiger partial charge in [0.25, 0.3) is 5.91 Å². The van der Waals surface area contributed by atoms with Gasteiger partial charge in [0.2, 0.25) is 0 Å². The molecule has 0 spiro atoms. The molecule has 1 saturated carbocycles. The van der Waals surface area contributed by atoms with Crippen molar-refractivity contribution in [1.82, 2.24) is 15.2 Å². The van der Waals surface area contributed by atoms with Gasteiger partial charge in [-0.2, -0.15) is 13.2 Å². The molecule has 3 fully saturated rings. The fraction of sp³-hybridized carbons (Fsp3) is 0.308. The van der Waals surface area contributed by atoms with Gasteiger partial charge in [0.05, 0.1) is 16.6 Å². The van der Waals surface area contributed by atoms with E-state index >= 15 is 0 Å². The number of rotatable bonds is 6. The number of hydrogen-bond acceptors (Lipinski definition) is 3. The molecule has 6 rings (SSSR count). The summed E-state index contributed by atoms with van der Waals surface area (Å²) in [5, 5.41) is 2.33. The Morgan fingerprint density at radius 2 is 1.71 bits per heavy atom. The summed E-state index contributed by atoms with van der Waals surface area (Å²) in [5.41, 5.74) is 0.259. The zero-order chi connectivity index (χ0) is 23.9. The minimum Gasteiger partial charge on any atom is -0.342 e. The fourth-order valence-electron chi connectivity index (χ4n) is 5.46. The molecule has 3 aliphatic rings. The van der Waals surface area contributed by atoms with Crippen LogP contribution in [0.5, 0.6) is 0 Å². The molecule has 1 aliphatic carbocycles. The number of amides is 1. The van der Waals surface area contributed by atoms with Crippen LogP contribution in [0.4, 0.5) is 13.2 Å². The van der Waals surface area contributed by atoms with E-state index in [0.717, 1.165) is 43.8 Å². The van der Waals surface area contributed by atoms with Crippen molar-refractivity contribution in [3.05, 3.63) is 100 Å². The average Bonchev–Trinajstić information content (AvgIpc) is 3.32. The molecule has 9 heteroatoms. The summed E-state index contributed by atoms with van der Waals surface area (Å²) in [4.78, 5) is 19.6. The van der Waals surface area contributed by atoms with Crippen LogP contribution in [0.15, 0.2) is 72.9 Å². The molecule has 1 atom stereocenters. The van der Waals surface area contributed by atoms with E-state index in [-0.39, 0.29) is 17.9 Å². The maximum atomic E-state index is 13.3. The Labute approximate surface area is 212 Å². The van der Waals surface area contributed by atoms with Gasteiger partial charge in [-0.25, -0.2) is 4.98 Å². The SMILES string of the molecule is Cl.O=C(NC(c1ccccc1)C12CC(CN1Cc1ccccc1)C2)c1nccc(C(F)(F)F)c1Cl.